The molecule has 2 heteroatoms. The molecule has 1 aromatic carbocycles. The van der Waals surface area contributed by atoms with Gasteiger partial charge in [0.25, 0.3) is 0 Å². The summed E-state index contributed by atoms with van der Waals surface area (Å²) in [4.78, 5) is 5.19. The van der Waals surface area contributed by atoms with Crippen molar-refractivity contribution in [2.24, 2.45) is 5.92 Å². The fraction of sp³-hybridized carbons (Fsp3) is 0.625. The van der Waals surface area contributed by atoms with Gasteiger partial charge in [0.1, 0.15) is 0 Å². The average Bonchev–Trinajstić information content (AvgIpc) is 2.39. The molecule has 2 nitrogen and oxygen atoms in total. The van der Waals surface area contributed by atoms with E-state index >= 15 is 0 Å². The fourth-order valence-corrected chi connectivity index (χ4v) is 4.34. The summed E-state index contributed by atoms with van der Waals surface area (Å²) in [6.45, 7) is 5.12. The molecule has 0 N–H and O–H groups in total. The molecule has 1 aromatic rings. The molecule has 3 aliphatic heterocycles. The van der Waals surface area contributed by atoms with Crippen LogP contribution in [0.4, 0.5) is 5.69 Å². The zero-order valence-corrected chi connectivity index (χ0v) is 11.2. The van der Waals surface area contributed by atoms with Crippen molar-refractivity contribution in [3.05, 3.63) is 29.3 Å². The summed E-state index contributed by atoms with van der Waals surface area (Å²) in [6.07, 6.45) is 3.98. The Balaban J connectivity index is 1.80. The number of aryl methyl sites for hydroxylation is 1. The molecule has 3 aliphatic rings. The van der Waals surface area contributed by atoms with E-state index in [2.05, 4.69) is 35.0 Å². The second kappa shape index (κ2) is 3.99. The summed E-state index contributed by atoms with van der Waals surface area (Å²) >= 11 is 0. The first kappa shape index (κ1) is 10.9. The van der Waals surface area contributed by atoms with E-state index in [-0.39, 0.29) is 0 Å². The van der Waals surface area contributed by atoms with Crippen LogP contribution in [-0.2, 0) is 6.42 Å². The second-order valence-corrected chi connectivity index (χ2v) is 6.32. The van der Waals surface area contributed by atoms with Crippen LogP contribution in [0.25, 0.3) is 0 Å². The molecule has 1 saturated heterocycles. The van der Waals surface area contributed by atoms with E-state index in [9.17, 15) is 0 Å². The van der Waals surface area contributed by atoms with E-state index in [4.69, 9.17) is 0 Å². The number of rotatable bonds is 0. The van der Waals surface area contributed by atoms with Crippen LogP contribution in [-0.4, -0.2) is 38.1 Å². The molecular weight excluding hydrogens is 220 g/mol. The third kappa shape index (κ3) is 1.51. The zero-order chi connectivity index (χ0) is 12.1. The number of anilines is 1. The Bertz CT molecular complexity index is 468. The number of fused-ring (bicyclic) bond motifs is 2. The number of para-hydroxylation sites is 1. The van der Waals surface area contributed by atoms with Crippen molar-refractivity contribution in [1.29, 1.82) is 0 Å². The quantitative estimate of drug-likeness (QED) is 0.689. The number of hydrogen-bond acceptors (Lipinski definition) is 2. The van der Waals surface area contributed by atoms with Gasteiger partial charge in [-0.05, 0) is 55.8 Å². The van der Waals surface area contributed by atoms with Crippen molar-refractivity contribution in [3.63, 3.8) is 0 Å². The van der Waals surface area contributed by atoms with Gasteiger partial charge in [-0.3, -0.25) is 0 Å². The molecule has 0 radical (unpaired) electrons. The number of piperidine rings is 1. The molecule has 0 amide bonds. The summed E-state index contributed by atoms with van der Waals surface area (Å²) in [7, 11) is 2.28. The van der Waals surface area contributed by atoms with Gasteiger partial charge in [0.2, 0.25) is 0 Å². The minimum atomic E-state index is 0.825. The van der Waals surface area contributed by atoms with E-state index in [1.54, 1.807) is 16.8 Å². The number of likely N-dealkylation sites (tertiary alicyclic amines) is 1. The fourth-order valence-electron chi connectivity index (χ4n) is 4.34. The largest absolute Gasteiger partial charge is 0.371 e. The predicted molar refractivity (Wildman–Crippen MR) is 75.3 cm³/mol. The van der Waals surface area contributed by atoms with Gasteiger partial charge < -0.3 is 9.80 Å². The molecule has 4 rings (SSSR count). The third-order valence-electron chi connectivity index (χ3n) is 5.13. The topological polar surface area (TPSA) is 6.48 Å². The predicted octanol–water partition coefficient (Wildman–Crippen LogP) is 2.49. The molecule has 0 unspecified atom stereocenters. The Labute approximate surface area is 110 Å². The lowest BCUT2D eigenvalue weighted by molar-refractivity contribution is 0.180. The van der Waals surface area contributed by atoms with E-state index in [1.807, 2.05) is 0 Å². The van der Waals surface area contributed by atoms with Crippen LogP contribution in [0.2, 0.25) is 0 Å². The van der Waals surface area contributed by atoms with Gasteiger partial charge in [0.05, 0.1) is 0 Å². The lowest BCUT2D eigenvalue weighted by atomic mass is 9.75. The van der Waals surface area contributed by atoms with Crippen LogP contribution >= 0.6 is 0 Å². The van der Waals surface area contributed by atoms with Gasteiger partial charge >= 0.3 is 0 Å². The number of benzene rings is 1. The number of hydrogen-bond donors (Lipinski definition) is 0. The molecule has 0 aliphatic carbocycles. The van der Waals surface area contributed by atoms with E-state index in [1.165, 1.54) is 45.4 Å². The summed E-state index contributed by atoms with van der Waals surface area (Å²) in [5.74, 6) is 1.68. The van der Waals surface area contributed by atoms with Gasteiger partial charge in [-0.15, -0.1) is 0 Å². The Morgan fingerprint density at radius 1 is 1.17 bits per heavy atom. The standard InChI is InChI=1S/C16H22N2/c1-17-9-7-14-13(10-17)11-18-8-3-5-12-4-2-6-15(14)16(12)18/h2,4,6,13-14H,3,5,7-11H2,1H3/t13-,14-/m1/s1. The molecule has 3 heterocycles. The SMILES string of the molecule is CN1CC[C@H]2c3cccc4c3N(CCC4)C[C@H]2C1. The first-order valence-electron chi connectivity index (χ1n) is 7.38. The van der Waals surface area contributed by atoms with Crippen molar-refractivity contribution in [3.8, 4) is 0 Å². The van der Waals surface area contributed by atoms with Crippen LogP contribution in [0, 0.1) is 5.92 Å². The van der Waals surface area contributed by atoms with Gasteiger partial charge in [0.15, 0.2) is 0 Å². The minimum Gasteiger partial charge on any atom is -0.371 e. The first-order valence-corrected chi connectivity index (χ1v) is 7.38. The highest BCUT2D eigenvalue weighted by atomic mass is 15.2. The van der Waals surface area contributed by atoms with Crippen LogP contribution in [0.1, 0.15) is 29.9 Å². The maximum absolute atomic E-state index is 2.68. The third-order valence-corrected chi connectivity index (χ3v) is 5.13. The summed E-state index contributed by atoms with van der Waals surface area (Å²) < 4.78 is 0. The Morgan fingerprint density at radius 2 is 2.11 bits per heavy atom. The minimum absolute atomic E-state index is 0.825. The molecule has 96 valence electrons. The molecule has 0 spiro atoms. The first-order chi connectivity index (χ1) is 8.83. The monoisotopic (exact) mass is 242 g/mol. The van der Waals surface area contributed by atoms with Crippen LogP contribution in [0.15, 0.2) is 18.2 Å². The number of nitrogens with zero attached hydrogens (tertiary/aromatic N) is 2. The van der Waals surface area contributed by atoms with Crippen molar-refractivity contribution in [1.82, 2.24) is 4.90 Å². The highest BCUT2D eigenvalue weighted by Gasteiger charge is 2.38. The second-order valence-electron chi connectivity index (χ2n) is 6.32. The van der Waals surface area contributed by atoms with E-state index in [0.29, 0.717) is 0 Å². The summed E-state index contributed by atoms with van der Waals surface area (Å²) in [5, 5.41) is 0. The highest BCUT2D eigenvalue weighted by molar-refractivity contribution is 5.64. The molecule has 0 saturated carbocycles. The molecule has 0 aromatic heterocycles. The van der Waals surface area contributed by atoms with Gasteiger partial charge in [0, 0.05) is 25.3 Å². The van der Waals surface area contributed by atoms with E-state index < -0.39 is 0 Å². The van der Waals surface area contributed by atoms with Crippen molar-refractivity contribution < 1.29 is 0 Å². The Morgan fingerprint density at radius 3 is 3.06 bits per heavy atom. The molecule has 18 heavy (non-hydrogen) atoms. The normalized spacial score (nSPS) is 30.8. The zero-order valence-electron chi connectivity index (χ0n) is 11.2. The van der Waals surface area contributed by atoms with Crippen LogP contribution in [0.3, 0.4) is 0 Å². The maximum Gasteiger partial charge on any atom is 0.0434 e. The highest BCUT2D eigenvalue weighted by Crippen LogP contribution is 2.45. The summed E-state index contributed by atoms with van der Waals surface area (Å²) in [5.41, 5.74) is 4.89. The lowest BCUT2D eigenvalue weighted by Crippen LogP contribution is -2.48. The molecule has 0 bridgehead atoms. The van der Waals surface area contributed by atoms with Crippen molar-refractivity contribution in [2.75, 3.05) is 38.1 Å². The maximum atomic E-state index is 2.68. The van der Waals surface area contributed by atoms with Crippen LogP contribution in [0.5, 0.6) is 0 Å². The van der Waals surface area contributed by atoms with E-state index in [0.717, 1.165) is 11.8 Å². The molecular formula is C16H22N2. The van der Waals surface area contributed by atoms with Crippen molar-refractivity contribution in [2.45, 2.75) is 25.2 Å². The molecule has 1 fully saturated rings. The summed E-state index contributed by atoms with van der Waals surface area (Å²) in [6, 6.07) is 7.04. The van der Waals surface area contributed by atoms with Gasteiger partial charge in [-0.2, -0.15) is 0 Å². The Hall–Kier alpha value is -1.02. The van der Waals surface area contributed by atoms with Crippen molar-refractivity contribution >= 4 is 5.69 Å². The Kier molecular flexibility index (Phi) is 2.41. The average molecular weight is 242 g/mol. The van der Waals surface area contributed by atoms with Gasteiger partial charge in [-0.1, -0.05) is 18.2 Å². The smallest absolute Gasteiger partial charge is 0.0434 e. The molecule has 2 atom stereocenters. The lowest BCUT2D eigenvalue weighted by Gasteiger charge is -2.48. The van der Waals surface area contributed by atoms with Gasteiger partial charge in [-0.25, -0.2) is 0 Å². The van der Waals surface area contributed by atoms with Crippen LogP contribution < -0.4 is 4.90 Å².